The number of amides is 1. The lowest BCUT2D eigenvalue weighted by molar-refractivity contribution is -0.121. The fourth-order valence-electron chi connectivity index (χ4n) is 1.42. The topological polar surface area (TPSA) is 70.6 Å². The van der Waals surface area contributed by atoms with E-state index in [1.54, 1.807) is 7.11 Å². The van der Waals surface area contributed by atoms with Gasteiger partial charge in [0, 0.05) is 33.2 Å². The molecular weight excluding hydrogens is 220 g/mol. The maximum Gasteiger partial charge on any atom is 0.221 e. The summed E-state index contributed by atoms with van der Waals surface area (Å²) < 4.78 is 4.83. The molecule has 0 saturated carbocycles. The number of carbonyl (C=O) groups excluding carboxylic acids is 1. The SMILES string of the molecule is COCCNC(=O)CCNCCCCCCO. The van der Waals surface area contributed by atoms with Crippen LogP contribution in [0.25, 0.3) is 0 Å². The molecule has 0 bridgehead atoms. The van der Waals surface area contributed by atoms with Crippen LogP contribution in [0, 0.1) is 0 Å². The highest BCUT2D eigenvalue weighted by molar-refractivity contribution is 5.75. The molecule has 17 heavy (non-hydrogen) atoms. The third-order valence-electron chi connectivity index (χ3n) is 2.42. The van der Waals surface area contributed by atoms with Crippen LogP contribution >= 0.6 is 0 Å². The maximum atomic E-state index is 11.3. The second-order valence-electron chi connectivity index (χ2n) is 3.98. The highest BCUT2D eigenvalue weighted by Gasteiger charge is 1.99. The molecule has 0 unspecified atom stereocenters. The van der Waals surface area contributed by atoms with E-state index in [4.69, 9.17) is 9.84 Å². The Morgan fingerprint density at radius 3 is 2.59 bits per heavy atom. The maximum absolute atomic E-state index is 11.3. The summed E-state index contributed by atoms with van der Waals surface area (Å²) in [6, 6.07) is 0. The molecular formula is C12H26N2O3. The highest BCUT2D eigenvalue weighted by atomic mass is 16.5. The number of carbonyl (C=O) groups is 1. The van der Waals surface area contributed by atoms with Crippen LogP contribution in [-0.2, 0) is 9.53 Å². The molecule has 0 atom stereocenters. The van der Waals surface area contributed by atoms with E-state index in [1.807, 2.05) is 0 Å². The van der Waals surface area contributed by atoms with Gasteiger partial charge in [0.05, 0.1) is 6.61 Å². The number of hydrogen-bond acceptors (Lipinski definition) is 4. The standard InChI is InChI=1S/C12H26N2O3/c1-17-11-9-14-12(16)6-8-13-7-4-2-3-5-10-15/h13,15H,2-11H2,1H3,(H,14,16). The molecule has 0 spiro atoms. The highest BCUT2D eigenvalue weighted by Crippen LogP contribution is 1.97. The lowest BCUT2D eigenvalue weighted by Crippen LogP contribution is -2.30. The van der Waals surface area contributed by atoms with Crippen molar-refractivity contribution in [1.82, 2.24) is 10.6 Å². The first kappa shape index (κ1) is 16.4. The fourth-order valence-corrected chi connectivity index (χ4v) is 1.42. The zero-order valence-corrected chi connectivity index (χ0v) is 10.8. The van der Waals surface area contributed by atoms with Crippen LogP contribution in [0.5, 0.6) is 0 Å². The summed E-state index contributed by atoms with van der Waals surface area (Å²) in [4.78, 5) is 11.3. The lowest BCUT2D eigenvalue weighted by atomic mass is 10.2. The second-order valence-corrected chi connectivity index (χ2v) is 3.98. The molecule has 0 aromatic heterocycles. The molecule has 0 aromatic rings. The van der Waals surface area contributed by atoms with Gasteiger partial charge in [0.15, 0.2) is 0 Å². The summed E-state index contributed by atoms with van der Waals surface area (Å²) in [7, 11) is 1.62. The Morgan fingerprint density at radius 2 is 1.88 bits per heavy atom. The third-order valence-corrected chi connectivity index (χ3v) is 2.42. The van der Waals surface area contributed by atoms with Gasteiger partial charge in [-0.3, -0.25) is 4.79 Å². The van der Waals surface area contributed by atoms with Gasteiger partial charge in [0.25, 0.3) is 0 Å². The Balaban J connectivity index is 3.08. The van der Waals surface area contributed by atoms with E-state index in [1.165, 1.54) is 0 Å². The number of hydrogen-bond donors (Lipinski definition) is 3. The largest absolute Gasteiger partial charge is 0.396 e. The smallest absolute Gasteiger partial charge is 0.221 e. The number of ether oxygens (including phenoxy) is 1. The molecule has 0 heterocycles. The quantitative estimate of drug-likeness (QED) is 0.433. The molecule has 0 aromatic carbocycles. The van der Waals surface area contributed by atoms with E-state index in [0.717, 1.165) is 38.8 Å². The van der Waals surface area contributed by atoms with Crippen LogP contribution in [0.4, 0.5) is 0 Å². The van der Waals surface area contributed by atoms with Gasteiger partial charge in [-0.25, -0.2) is 0 Å². The Bertz CT molecular complexity index is 177. The average molecular weight is 246 g/mol. The summed E-state index contributed by atoms with van der Waals surface area (Å²) in [5, 5.41) is 14.6. The fraction of sp³-hybridized carbons (Fsp3) is 0.917. The summed E-state index contributed by atoms with van der Waals surface area (Å²) in [6.07, 6.45) is 4.72. The van der Waals surface area contributed by atoms with Crippen molar-refractivity contribution in [1.29, 1.82) is 0 Å². The number of methoxy groups -OCH3 is 1. The second kappa shape index (κ2) is 13.4. The van der Waals surface area contributed by atoms with Crippen LogP contribution in [-0.4, -0.2) is 51.0 Å². The molecule has 5 nitrogen and oxygen atoms in total. The van der Waals surface area contributed by atoms with Gasteiger partial charge in [-0.2, -0.15) is 0 Å². The number of unbranched alkanes of at least 4 members (excludes halogenated alkanes) is 3. The predicted octanol–water partition coefficient (Wildman–Crippen LogP) is 0.281. The minimum absolute atomic E-state index is 0.0647. The van der Waals surface area contributed by atoms with Crippen LogP contribution in [0.15, 0.2) is 0 Å². The zero-order chi connectivity index (χ0) is 12.8. The van der Waals surface area contributed by atoms with E-state index >= 15 is 0 Å². The Hall–Kier alpha value is -0.650. The van der Waals surface area contributed by atoms with Gasteiger partial charge >= 0.3 is 0 Å². The Morgan fingerprint density at radius 1 is 1.12 bits per heavy atom. The van der Waals surface area contributed by atoms with Gasteiger partial charge < -0.3 is 20.5 Å². The van der Waals surface area contributed by atoms with Crippen molar-refractivity contribution in [3.8, 4) is 0 Å². The van der Waals surface area contributed by atoms with Crippen molar-refractivity contribution in [3.63, 3.8) is 0 Å². The normalized spacial score (nSPS) is 10.5. The van der Waals surface area contributed by atoms with Crippen LogP contribution in [0.1, 0.15) is 32.1 Å². The molecule has 0 aliphatic rings. The lowest BCUT2D eigenvalue weighted by Gasteiger charge is -2.06. The number of aliphatic hydroxyl groups excluding tert-OH is 1. The molecule has 0 rings (SSSR count). The number of aliphatic hydroxyl groups is 1. The Kier molecular flexibility index (Phi) is 12.9. The third kappa shape index (κ3) is 13.3. The van der Waals surface area contributed by atoms with E-state index in [9.17, 15) is 4.79 Å². The predicted molar refractivity (Wildman–Crippen MR) is 67.9 cm³/mol. The van der Waals surface area contributed by atoms with Crippen LogP contribution in [0.3, 0.4) is 0 Å². The van der Waals surface area contributed by atoms with Gasteiger partial charge in [0.1, 0.15) is 0 Å². The molecule has 0 radical (unpaired) electrons. The van der Waals surface area contributed by atoms with E-state index in [-0.39, 0.29) is 12.5 Å². The summed E-state index contributed by atoms with van der Waals surface area (Å²) in [6.45, 7) is 3.09. The first-order valence-electron chi connectivity index (χ1n) is 6.38. The molecule has 0 aliphatic carbocycles. The molecule has 0 aliphatic heterocycles. The van der Waals surface area contributed by atoms with E-state index < -0.39 is 0 Å². The molecule has 102 valence electrons. The van der Waals surface area contributed by atoms with Crippen molar-refractivity contribution < 1.29 is 14.6 Å². The van der Waals surface area contributed by atoms with Crippen LogP contribution < -0.4 is 10.6 Å². The molecule has 0 saturated heterocycles. The van der Waals surface area contributed by atoms with Gasteiger partial charge in [-0.15, -0.1) is 0 Å². The summed E-state index contributed by atoms with van der Waals surface area (Å²) in [5.41, 5.74) is 0. The average Bonchev–Trinajstić information content (AvgIpc) is 2.33. The summed E-state index contributed by atoms with van der Waals surface area (Å²) in [5.74, 6) is 0.0647. The number of nitrogens with one attached hydrogen (secondary N) is 2. The monoisotopic (exact) mass is 246 g/mol. The zero-order valence-electron chi connectivity index (χ0n) is 10.8. The molecule has 3 N–H and O–H groups in total. The first-order chi connectivity index (χ1) is 8.31. The van der Waals surface area contributed by atoms with Crippen LogP contribution in [0.2, 0.25) is 0 Å². The minimum atomic E-state index is 0.0647. The molecule has 0 fully saturated rings. The molecule has 1 amide bonds. The van der Waals surface area contributed by atoms with Gasteiger partial charge in [-0.1, -0.05) is 12.8 Å². The first-order valence-corrected chi connectivity index (χ1v) is 6.38. The van der Waals surface area contributed by atoms with Crippen molar-refractivity contribution in [3.05, 3.63) is 0 Å². The van der Waals surface area contributed by atoms with E-state index in [0.29, 0.717) is 19.6 Å². The Labute approximate surface area is 104 Å². The van der Waals surface area contributed by atoms with Crippen molar-refractivity contribution in [2.45, 2.75) is 32.1 Å². The summed E-state index contributed by atoms with van der Waals surface area (Å²) >= 11 is 0. The number of rotatable bonds is 12. The van der Waals surface area contributed by atoms with Crippen molar-refractivity contribution in [2.24, 2.45) is 0 Å². The van der Waals surface area contributed by atoms with Crippen molar-refractivity contribution in [2.75, 3.05) is 40.0 Å². The van der Waals surface area contributed by atoms with E-state index in [2.05, 4.69) is 10.6 Å². The minimum Gasteiger partial charge on any atom is -0.396 e. The molecule has 5 heteroatoms. The van der Waals surface area contributed by atoms with Gasteiger partial charge in [0.2, 0.25) is 5.91 Å². The van der Waals surface area contributed by atoms with Gasteiger partial charge in [-0.05, 0) is 19.4 Å². The van der Waals surface area contributed by atoms with Crippen molar-refractivity contribution >= 4 is 5.91 Å².